The van der Waals surface area contributed by atoms with Crippen molar-refractivity contribution in [1.82, 2.24) is 0 Å². The minimum Gasteiger partial charge on any atom is -0.428 e. The zero-order valence-corrected chi connectivity index (χ0v) is 16.0. The van der Waals surface area contributed by atoms with Crippen molar-refractivity contribution in [3.8, 4) is 5.75 Å². The third kappa shape index (κ3) is 5.43. The SMILES string of the molecule is N[C@@H](CCc1c(Br)cccc1Br)c1cccc(OC(F)(F)C(F)F)c1. The quantitative estimate of drug-likeness (QED) is 0.483. The van der Waals surface area contributed by atoms with Crippen LogP contribution >= 0.6 is 31.9 Å². The molecule has 8 heteroatoms. The average Bonchev–Trinajstić information content (AvgIpc) is 2.54. The summed E-state index contributed by atoms with van der Waals surface area (Å²) in [6.07, 6.45) is -7.27. The van der Waals surface area contributed by atoms with Crippen LogP contribution in [-0.4, -0.2) is 12.5 Å². The molecule has 0 aromatic heterocycles. The maximum Gasteiger partial charge on any atom is 0.461 e. The van der Waals surface area contributed by atoms with Crippen LogP contribution < -0.4 is 10.5 Å². The highest BCUT2D eigenvalue weighted by Crippen LogP contribution is 2.31. The lowest BCUT2D eigenvalue weighted by Gasteiger charge is -2.19. The summed E-state index contributed by atoms with van der Waals surface area (Å²) in [6, 6.07) is 10.8. The van der Waals surface area contributed by atoms with Gasteiger partial charge in [0.25, 0.3) is 0 Å². The lowest BCUT2D eigenvalue weighted by atomic mass is 9.99. The van der Waals surface area contributed by atoms with Gasteiger partial charge in [-0.1, -0.05) is 50.1 Å². The van der Waals surface area contributed by atoms with Crippen molar-refractivity contribution in [2.75, 3.05) is 0 Å². The summed E-state index contributed by atoms with van der Waals surface area (Å²) < 4.78 is 56.5. The molecule has 2 rings (SSSR count). The highest BCUT2D eigenvalue weighted by Gasteiger charge is 2.44. The number of ether oxygens (including phenoxy) is 1. The van der Waals surface area contributed by atoms with Gasteiger partial charge in [0.05, 0.1) is 0 Å². The van der Waals surface area contributed by atoms with E-state index in [1.165, 1.54) is 18.2 Å². The van der Waals surface area contributed by atoms with E-state index >= 15 is 0 Å². The molecule has 0 aliphatic heterocycles. The van der Waals surface area contributed by atoms with Gasteiger partial charge in [0.2, 0.25) is 0 Å². The highest BCUT2D eigenvalue weighted by atomic mass is 79.9. The number of hydrogen-bond acceptors (Lipinski definition) is 2. The Balaban J connectivity index is 2.07. The number of alkyl halides is 4. The topological polar surface area (TPSA) is 35.2 Å². The second-order valence-corrected chi connectivity index (χ2v) is 7.09. The van der Waals surface area contributed by atoms with Crippen LogP contribution in [0.2, 0.25) is 0 Å². The van der Waals surface area contributed by atoms with E-state index in [2.05, 4.69) is 36.6 Å². The van der Waals surface area contributed by atoms with Crippen molar-refractivity contribution in [2.45, 2.75) is 31.4 Å². The molecule has 2 aromatic carbocycles. The molecule has 2 aromatic rings. The van der Waals surface area contributed by atoms with E-state index in [0.29, 0.717) is 18.4 Å². The van der Waals surface area contributed by atoms with Gasteiger partial charge in [0, 0.05) is 15.0 Å². The van der Waals surface area contributed by atoms with Crippen LogP contribution in [-0.2, 0) is 6.42 Å². The smallest absolute Gasteiger partial charge is 0.428 e. The van der Waals surface area contributed by atoms with Crippen LogP contribution in [0.25, 0.3) is 0 Å². The van der Waals surface area contributed by atoms with Crippen molar-refractivity contribution >= 4 is 31.9 Å². The molecule has 0 bridgehead atoms. The van der Waals surface area contributed by atoms with E-state index in [9.17, 15) is 17.6 Å². The fourth-order valence-corrected chi connectivity index (χ4v) is 3.64. The molecular weight excluding hydrogens is 470 g/mol. The number of hydrogen-bond donors (Lipinski definition) is 1. The van der Waals surface area contributed by atoms with Crippen LogP contribution in [0, 0.1) is 0 Å². The van der Waals surface area contributed by atoms with Gasteiger partial charge in [-0.3, -0.25) is 0 Å². The predicted octanol–water partition coefficient (Wildman–Crippen LogP) is 6.08. The van der Waals surface area contributed by atoms with Crippen LogP contribution in [0.1, 0.15) is 23.6 Å². The molecule has 0 heterocycles. The normalized spacial score (nSPS) is 13.1. The van der Waals surface area contributed by atoms with E-state index < -0.39 is 18.6 Å². The maximum absolute atomic E-state index is 13.0. The Morgan fingerprint density at radius 3 is 2.24 bits per heavy atom. The first kappa shape index (κ1) is 20.2. The molecule has 0 fully saturated rings. The van der Waals surface area contributed by atoms with Gasteiger partial charge in [-0.25, -0.2) is 0 Å². The van der Waals surface area contributed by atoms with Gasteiger partial charge in [-0.05, 0) is 48.2 Å². The second kappa shape index (κ2) is 8.51. The molecule has 0 saturated heterocycles. The van der Waals surface area contributed by atoms with Crippen LogP contribution in [0.5, 0.6) is 5.75 Å². The van der Waals surface area contributed by atoms with Gasteiger partial charge < -0.3 is 10.5 Å². The molecule has 0 aliphatic rings. The highest BCUT2D eigenvalue weighted by molar-refractivity contribution is 9.11. The number of halogens is 6. The Labute approximate surface area is 159 Å². The Morgan fingerprint density at radius 1 is 1.04 bits per heavy atom. The third-order valence-electron chi connectivity index (χ3n) is 3.56. The summed E-state index contributed by atoms with van der Waals surface area (Å²) in [5, 5.41) is 0. The summed E-state index contributed by atoms with van der Waals surface area (Å²) in [5.41, 5.74) is 7.68. The standard InChI is InChI=1S/C17H15Br2F4NO/c18-13-5-2-6-14(19)12(13)7-8-15(24)10-3-1-4-11(9-10)25-17(22,23)16(20)21/h1-6,9,15-16H,7-8,24H2/t15-/m0/s1. The molecule has 2 nitrogen and oxygen atoms in total. The number of nitrogens with two attached hydrogens (primary N) is 1. The zero-order valence-electron chi connectivity index (χ0n) is 12.9. The van der Waals surface area contributed by atoms with Crippen LogP contribution in [0.4, 0.5) is 17.6 Å². The van der Waals surface area contributed by atoms with Crippen molar-refractivity contribution in [3.63, 3.8) is 0 Å². The number of benzene rings is 2. The summed E-state index contributed by atoms with van der Waals surface area (Å²) in [6.45, 7) is 0. The Kier molecular flexibility index (Phi) is 6.87. The molecule has 0 aliphatic carbocycles. The molecule has 1 atom stereocenters. The van der Waals surface area contributed by atoms with Crippen LogP contribution in [0.15, 0.2) is 51.4 Å². The predicted molar refractivity (Wildman–Crippen MR) is 95.1 cm³/mol. The molecule has 0 saturated carbocycles. The van der Waals surface area contributed by atoms with Gasteiger partial charge in [-0.2, -0.15) is 17.6 Å². The van der Waals surface area contributed by atoms with E-state index in [1.54, 1.807) is 6.07 Å². The molecule has 0 radical (unpaired) electrons. The fraction of sp³-hybridized carbons (Fsp3) is 0.294. The molecule has 0 amide bonds. The van der Waals surface area contributed by atoms with E-state index in [0.717, 1.165) is 14.5 Å². The van der Waals surface area contributed by atoms with Crippen molar-refractivity contribution < 1.29 is 22.3 Å². The van der Waals surface area contributed by atoms with Crippen molar-refractivity contribution in [1.29, 1.82) is 0 Å². The van der Waals surface area contributed by atoms with E-state index in [1.807, 2.05) is 18.2 Å². The van der Waals surface area contributed by atoms with Crippen molar-refractivity contribution in [2.24, 2.45) is 5.73 Å². The molecule has 2 N–H and O–H groups in total. The van der Waals surface area contributed by atoms with Gasteiger partial charge in [0.1, 0.15) is 5.75 Å². The average molecular weight is 485 g/mol. The third-order valence-corrected chi connectivity index (χ3v) is 5.05. The minimum absolute atomic E-state index is 0.347. The monoisotopic (exact) mass is 483 g/mol. The Hall–Kier alpha value is -1.12. The van der Waals surface area contributed by atoms with Crippen molar-refractivity contribution in [3.05, 3.63) is 62.5 Å². The Bertz CT molecular complexity index is 707. The largest absolute Gasteiger partial charge is 0.461 e. The van der Waals surface area contributed by atoms with Crippen LogP contribution in [0.3, 0.4) is 0 Å². The van der Waals surface area contributed by atoms with Gasteiger partial charge in [0.15, 0.2) is 0 Å². The Morgan fingerprint density at radius 2 is 1.64 bits per heavy atom. The molecular formula is C17H15Br2F4NO. The lowest BCUT2D eigenvalue weighted by molar-refractivity contribution is -0.253. The number of rotatable bonds is 7. The molecule has 136 valence electrons. The maximum atomic E-state index is 13.0. The van der Waals surface area contributed by atoms with E-state index in [-0.39, 0.29) is 5.75 Å². The summed E-state index contributed by atoms with van der Waals surface area (Å²) >= 11 is 6.93. The summed E-state index contributed by atoms with van der Waals surface area (Å²) in [4.78, 5) is 0. The van der Waals surface area contributed by atoms with Gasteiger partial charge >= 0.3 is 12.5 Å². The van der Waals surface area contributed by atoms with E-state index in [4.69, 9.17) is 5.73 Å². The first-order chi connectivity index (χ1) is 11.7. The molecule has 25 heavy (non-hydrogen) atoms. The first-order valence-electron chi connectivity index (χ1n) is 7.34. The summed E-state index contributed by atoms with van der Waals surface area (Å²) in [7, 11) is 0. The minimum atomic E-state index is -4.54. The first-order valence-corrected chi connectivity index (χ1v) is 8.92. The second-order valence-electron chi connectivity index (χ2n) is 5.38. The zero-order chi connectivity index (χ0) is 18.6. The summed E-state index contributed by atoms with van der Waals surface area (Å²) in [5.74, 6) is -0.347. The van der Waals surface area contributed by atoms with Gasteiger partial charge in [-0.15, -0.1) is 0 Å². The molecule has 0 unspecified atom stereocenters. The lowest BCUT2D eigenvalue weighted by Crippen LogP contribution is -2.33. The molecule has 0 spiro atoms. The fourth-order valence-electron chi connectivity index (χ4n) is 2.25.